The predicted octanol–water partition coefficient (Wildman–Crippen LogP) is 3.16. The van der Waals surface area contributed by atoms with Crippen LogP contribution < -0.4 is 32.7 Å². The molecule has 0 aliphatic heterocycles. The molecule has 4 atom stereocenters. The highest BCUT2D eigenvalue weighted by Crippen LogP contribution is 2.29. The van der Waals surface area contributed by atoms with Crippen molar-refractivity contribution in [3.63, 3.8) is 0 Å². The first-order valence-corrected chi connectivity index (χ1v) is 18.2. The van der Waals surface area contributed by atoms with Crippen molar-refractivity contribution in [3.8, 4) is 0 Å². The number of hydrogen-bond donors (Lipinski definition) is 6. The van der Waals surface area contributed by atoms with E-state index in [1.807, 2.05) is 26.0 Å². The second-order valence-corrected chi connectivity index (χ2v) is 14.8. The number of rotatable bonds is 19. The highest BCUT2D eigenvalue weighted by molar-refractivity contribution is 7.18. The summed E-state index contributed by atoms with van der Waals surface area (Å²) >= 11 is 1.48. The predicted molar refractivity (Wildman–Crippen MR) is 189 cm³/mol. The van der Waals surface area contributed by atoms with Gasteiger partial charge in [-0.1, -0.05) is 53.5 Å². The molecule has 3 rings (SSSR count). The number of benzene rings is 1. The summed E-state index contributed by atoms with van der Waals surface area (Å²) < 4.78 is 1.01. The number of unbranched alkanes of at least 4 members (excludes halogenated alkanes) is 1. The molecule has 8 N–H and O–H groups in total. The maximum atomic E-state index is 14.0. The Hall–Kier alpha value is -3.58. The highest BCUT2D eigenvalue weighted by atomic mass is 32.1. The first-order chi connectivity index (χ1) is 22.8. The average molecular weight is 686 g/mol. The van der Waals surface area contributed by atoms with Crippen LogP contribution in [-0.4, -0.2) is 65.2 Å². The Balaban J connectivity index is 1.83. The Morgan fingerprint density at radius 2 is 1.56 bits per heavy atom. The molecule has 1 fully saturated rings. The SMILES string of the molecule is CCC(=O)N[C@@H](Cc1nc2ccc(C(C)C)cc2s1)C(=O)N[C@H](C(=O)N[C@@H](CCCCN)C(=O)N[C@@H](CC(C)C)C(N)=O)C1CCCC1. The molecular weight excluding hydrogens is 630 g/mol. The van der Waals surface area contributed by atoms with Crippen LogP contribution in [0.2, 0.25) is 0 Å². The molecule has 1 aromatic carbocycles. The summed E-state index contributed by atoms with van der Waals surface area (Å²) in [6, 6.07) is 2.43. The molecule has 12 nitrogen and oxygen atoms in total. The van der Waals surface area contributed by atoms with Crippen LogP contribution in [0.5, 0.6) is 0 Å². The van der Waals surface area contributed by atoms with Crippen LogP contribution in [0, 0.1) is 11.8 Å². The Morgan fingerprint density at radius 1 is 0.896 bits per heavy atom. The molecule has 0 radical (unpaired) electrons. The molecule has 0 saturated heterocycles. The van der Waals surface area contributed by atoms with Gasteiger partial charge in [-0.3, -0.25) is 24.0 Å². The fourth-order valence-electron chi connectivity index (χ4n) is 6.07. The average Bonchev–Trinajstić information content (AvgIpc) is 3.71. The first-order valence-electron chi connectivity index (χ1n) is 17.4. The number of amides is 5. The summed E-state index contributed by atoms with van der Waals surface area (Å²) in [7, 11) is 0. The lowest BCUT2D eigenvalue weighted by molar-refractivity contribution is -0.135. The van der Waals surface area contributed by atoms with Crippen LogP contribution in [0.3, 0.4) is 0 Å². The van der Waals surface area contributed by atoms with Crippen LogP contribution in [0.1, 0.15) is 109 Å². The molecule has 2 aromatic rings. The summed E-state index contributed by atoms with van der Waals surface area (Å²) in [5.74, 6) is -2.08. The van der Waals surface area contributed by atoms with Crippen molar-refractivity contribution >= 4 is 51.1 Å². The molecule has 13 heteroatoms. The third-order valence-electron chi connectivity index (χ3n) is 8.87. The molecule has 5 amide bonds. The van der Waals surface area contributed by atoms with Gasteiger partial charge >= 0.3 is 0 Å². The van der Waals surface area contributed by atoms with E-state index in [9.17, 15) is 24.0 Å². The van der Waals surface area contributed by atoms with Crippen LogP contribution in [-0.2, 0) is 30.4 Å². The Labute approximate surface area is 288 Å². The van der Waals surface area contributed by atoms with Crippen LogP contribution in [0.4, 0.5) is 0 Å². The summed E-state index contributed by atoms with van der Waals surface area (Å²) in [4.78, 5) is 70.7. The Morgan fingerprint density at radius 3 is 2.17 bits per heavy atom. The van der Waals surface area contributed by atoms with E-state index in [0.717, 1.165) is 35.9 Å². The lowest BCUT2D eigenvalue weighted by Gasteiger charge is -2.29. The van der Waals surface area contributed by atoms with Gasteiger partial charge < -0.3 is 32.7 Å². The topological polar surface area (TPSA) is 198 Å². The van der Waals surface area contributed by atoms with Gasteiger partial charge in [0.25, 0.3) is 0 Å². The van der Waals surface area contributed by atoms with Crippen molar-refractivity contribution in [2.24, 2.45) is 23.3 Å². The minimum absolute atomic E-state index is 0.108. The molecule has 0 spiro atoms. The quantitative estimate of drug-likeness (QED) is 0.122. The number of nitrogens with zero attached hydrogens (tertiary/aromatic N) is 1. The van der Waals surface area contributed by atoms with Crippen LogP contribution in [0.25, 0.3) is 10.2 Å². The fraction of sp³-hybridized carbons (Fsp3) is 0.657. The molecule has 0 bridgehead atoms. The molecule has 1 aliphatic rings. The van der Waals surface area contributed by atoms with E-state index in [-0.39, 0.29) is 30.6 Å². The smallest absolute Gasteiger partial charge is 0.243 e. The number of fused-ring (bicyclic) bond motifs is 1. The monoisotopic (exact) mass is 685 g/mol. The third-order valence-corrected chi connectivity index (χ3v) is 9.91. The lowest BCUT2D eigenvalue weighted by atomic mass is 9.95. The standard InChI is InChI=1S/C35H55N7O5S/c1-6-29(43)38-27(19-30-39-24-15-14-23(21(4)5)18-28(24)48-30)34(46)42-31(22-11-7-8-12-22)35(47)40-25(13-9-10-16-36)33(45)41-26(32(37)44)17-20(2)3/h14-15,18,20-22,25-27,31H,6-13,16-17,19,36H2,1-5H3,(H2,37,44)(H,38,43)(H,40,47)(H,41,45)(H,42,46)/t25-,26-,27-,31-/m0/s1. The van der Waals surface area contributed by atoms with E-state index >= 15 is 0 Å². The highest BCUT2D eigenvalue weighted by Gasteiger charge is 2.36. The van der Waals surface area contributed by atoms with E-state index in [2.05, 4.69) is 41.2 Å². The van der Waals surface area contributed by atoms with Gasteiger partial charge in [0.15, 0.2) is 0 Å². The van der Waals surface area contributed by atoms with Crippen molar-refractivity contribution in [1.29, 1.82) is 0 Å². The molecule has 1 aromatic heterocycles. The minimum Gasteiger partial charge on any atom is -0.368 e. The van der Waals surface area contributed by atoms with E-state index in [4.69, 9.17) is 16.5 Å². The van der Waals surface area contributed by atoms with E-state index in [1.165, 1.54) is 16.9 Å². The second-order valence-electron chi connectivity index (χ2n) is 13.6. The van der Waals surface area contributed by atoms with Crippen molar-refractivity contribution in [2.45, 2.75) is 129 Å². The van der Waals surface area contributed by atoms with Crippen molar-refractivity contribution < 1.29 is 24.0 Å². The van der Waals surface area contributed by atoms with Gasteiger partial charge in [-0.05, 0) is 80.5 Å². The molecule has 0 unspecified atom stereocenters. The first kappa shape index (κ1) is 38.9. The van der Waals surface area contributed by atoms with Crippen LogP contribution >= 0.6 is 11.3 Å². The number of nitrogens with two attached hydrogens (primary N) is 2. The minimum atomic E-state index is -0.951. The normalized spacial score (nSPS) is 16.0. The summed E-state index contributed by atoms with van der Waals surface area (Å²) in [5.41, 5.74) is 13.3. The molecule has 1 aliphatic carbocycles. The number of hydrogen-bond acceptors (Lipinski definition) is 8. The molecule has 266 valence electrons. The number of aromatic nitrogens is 1. The number of nitrogens with one attached hydrogen (secondary N) is 4. The van der Waals surface area contributed by atoms with Gasteiger partial charge in [-0.15, -0.1) is 11.3 Å². The largest absolute Gasteiger partial charge is 0.368 e. The molecule has 1 heterocycles. The van der Waals surface area contributed by atoms with Gasteiger partial charge in [0.1, 0.15) is 24.2 Å². The van der Waals surface area contributed by atoms with Gasteiger partial charge in [0, 0.05) is 12.8 Å². The van der Waals surface area contributed by atoms with Gasteiger partial charge in [0.05, 0.1) is 15.2 Å². The van der Waals surface area contributed by atoms with Gasteiger partial charge in [-0.2, -0.15) is 0 Å². The molecular formula is C35H55N7O5S. The van der Waals surface area contributed by atoms with E-state index in [1.54, 1.807) is 6.92 Å². The summed E-state index contributed by atoms with van der Waals surface area (Å²) in [5, 5.41) is 12.1. The Kier molecular flexibility index (Phi) is 15.2. The van der Waals surface area contributed by atoms with Crippen molar-refractivity contribution in [1.82, 2.24) is 26.3 Å². The zero-order valence-corrected chi connectivity index (χ0v) is 29.9. The van der Waals surface area contributed by atoms with Crippen LogP contribution in [0.15, 0.2) is 18.2 Å². The number of thiazole rings is 1. The molecule has 1 saturated carbocycles. The number of carbonyl (C=O) groups is 5. The molecule has 48 heavy (non-hydrogen) atoms. The lowest BCUT2D eigenvalue weighted by Crippen LogP contribution is -2.59. The zero-order chi connectivity index (χ0) is 35.4. The van der Waals surface area contributed by atoms with Crippen molar-refractivity contribution in [3.05, 3.63) is 28.8 Å². The van der Waals surface area contributed by atoms with E-state index < -0.39 is 47.8 Å². The third kappa shape index (κ3) is 11.5. The number of carbonyl (C=O) groups excluding carboxylic acids is 5. The number of primary amides is 1. The maximum Gasteiger partial charge on any atom is 0.243 e. The summed E-state index contributed by atoms with van der Waals surface area (Å²) in [6.45, 7) is 10.2. The van der Waals surface area contributed by atoms with Crippen molar-refractivity contribution in [2.75, 3.05) is 6.54 Å². The van der Waals surface area contributed by atoms with Gasteiger partial charge in [0.2, 0.25) is 29.5 Å². The fourth-order valence-corrected chi connectivity index (χ4v) is 7.13. The van der Waals surface area contributed by atoms with E-state index in [0.29, 0.717) is 43.2 Å². The summed E-state index contributed by atoms with van der Waals surface area (Å²) in [6.07, 6.45) is 5.57. The Bertz CT molecular complexity index is 1400. The van der Waals surface area contributed by atoms with Gasteiger partial charge in [-0.25, -0.2) is 4.98 Å². The maximum absolute atomic E-state index is 14.0. The second kappa shape index (κ2) is 18.8. The zero-order valence-electron chi connectivity index (χ0n) is 29.1.